The SMILES string of the molecule is [C-]#[N+]c1ccc(N2N=C3c4ccc(C(=O)OC5CCCCC5)cc4CC[C@@H]3[C@@H]2C2CCCC2)cc1Cl. The molecule has 2 saturated carbocycles. The largest absolute Gasteiger partial charge is 0.459 e. The molecule has 0 spiro atoms. The van der Waals surface area contributed by atoms with Crippen molar-refractivity contribution in [2.45, 2.75) is 82.8 Å². The van der Waals surface area contributed by atoms with E-state index in [1.54, 1.807) is 6.07 Å². The Morgan fingerprint density at radius 3 is 2.53 bits per heavy atom. The highest BCUT2D eigenvalue weighted by atomic mass is 35.5. The molecule has 0 N–H and O–H groups in total. The van der Waals surface area contributed by atoms with Crippen molar-refractivity contribution in [2.75, 3.05) is 5.01 Å². The van der Waals surface area contributed by atoms with E-state index in [2.05, 4.69) is 15.9 Å². The fourth-order valence-corrected chi connectivity index (χ4v) is 7.04. The Kier molecular flexibility index (Phi) is 6.48. The minimum atomic E-state index is -0.194. The lowest BCUT2D eigenvalue weighted by molar-refractivity contribution is 0.0211. The number of carbonyl (C=O) groups is 1. The molecule has 186 valence electrons. The summed E-state index contributed by atoms with van der Waals surface area (Å²) >= 11 is 6.43. The zero-order chi connectivity index (χ0) is 24.6. The van der Waals surface area contributed by atoms with Gasteiger partial charge < -0.3 is 4.74 Å². The van der Waals surface area contributed by atoms with Crippen LogP contribution in [0.1, 0.15) is 85.7 Å². The van der Waals surface area contributed by atoms with Gasteiger partial charge in [-0.15, -0.1) is 0 Å². The summed E-state index contributed by atoms with van der Waals surface area (Å²) in [6, 6.07) is 12.0. The van der Waals surface area contributed by atoms with Crippen molar-refractivity contribution < 1.29 is 9.53 Å². The van der Waals surface area contributed by atoms with Gasteiger partial charge in [-0.1, -0.05) is 43.0 Å². The molecular weight excluding hydrogens is 470 g/mol. The van der Waals surface area contributed by atoms with E-state index in [1.165, 1.54) is 37.7 Å². The number of anilines is 1. The van der Waals surface area contributed by atoms with Gasteiger partial charge in [-0.25, -0.2) is 9.64 Å². The van der Waals surface area contributed by atoms with Crippen molar-refractivity contribution in [2.24, 2.45) is 16.9 Å². The minimum absolute atomic E-state index is 0.0627. The summed E-state index contributed by atoms with van der Waals surface area (Å²) in [7, 11) is 0. The summed E-state index contributed by atoms with van der Waals surface area (Å²) in [6.07, 6.45) is 12.5. The van der Waals surface area contributed by atoms with Gasteiger partial charge in [0.25, 0.3) is 0 Å². The number of nitrogens with zero attached hydrogens (tertiary/aromatic N) is 3. The fraction of sp³-hybridized carbons (Fsp3) is 0.500. The summed E-state index contributed by atoms with van der Waals surface area (Å²) in [5.41, 5.74) is 5.57. The van der Waals surface area contributed by atoms with Crippen LogP contribution in [0, 0.1) is 18.4 Å². The lowest BCUT2D eigenvalue weighted by atomic mass is 9.75. The molecule has 3 aliphatic carbocycles. The van der Waals surface area contributed by atoms with E-state index in [9.17, 15) is 4.79 Å². The highest BCUT2D eigenvalue weighted by Crippen LogP contribution is 2.45. The number of benzene rings is 2. The van der Waals surface area contributed by atoms with Crippen LogP contribution in [0.25, 0.3) is 4.85 Å². The van der Waals surface area contributed by atoms with Crippen LogP contribution < -0.4 is 5.01 Å². The monoisotopic (exact) mass is 501 g/mol. The third kappa shape index (κ3) is 4.30. The average molecular weight is 502 g/mol. The van der Waals surface area contributed by atoms with Gasteiger partial charge in [0.15, 0.2) is 0 Å². The van der Waals surface area contributed by atoms with Crippen molar-refractivity contribution in [3.05, 3.63) is 69.5 Å². The number of ether oxygens (including phenoxy) is 1. The van der Waals surface area contributed by atoms with Gasteiger partial charge in [0.1, 0.15) is 6.10 Å². The first-order chi connectivity index (χ1) is 17.6. The summed E-state index contributed by atoms with van der Waals surface area (Å²) in [6.45, 7) is 7.34. The number of hydrazone groups is 1. The van der Waals surface area contributed by atoms with Crippen molar-refractivity contribution in [1.29, 1.82) is 0 Å². The van der Waals surface area contributed by atoms with Gasteiger partial charge in [-0.2, -0.15) is 5.10 Å². The molecule has 0 amide bonds. The maximum absolute atomic E-state index is 12.9. The molecule has 2 aromatic rings. The third-order valence-corrected chi connectivity index (χ3v) is 8.93. The molecule has 2 atom stereocenters. The number of hydrogen-bond donors (Lipinski definition) is 0. The Labute approximate surface area is 218 Å². The summed E-state index contributed by atoms with van der Waals surface area (Å²) in [4.78, 5) is 16.4. The van der Waals surface area contributed by atoms with E-state index in [1.807, 2.05) is 24.3 Å². The average Bonchev–Trinajstić information content (AvgIpc) is 3.57. The quantitative estimate of drug-likeness (QED) is 0.318. The maximum Gasteiger partial charge on any atom is 0.338 e. The third-order valence-electron chi connectivity index (χ3n) is 8.63. The van der Waals surface area contributed by atoms with Crippen LogP contribution in [0.15, 0.2) is 41.5 Å². The summed E-state index contributed by atoms with van der Waals surface area (Å²) in [5.74, 6) is 0.766. The van der Waals surface area contributed by atoms with E-state index in [4.69, 9.17) is 28.0 Å². The summed E-state index contributed by atoms with van der Waals surface area (Å²) < 4.78 is 5.83. The van der Waals surface area contributed by atoms with Gasteiger partial charge in [-0.3, -0.25) is 5.01 Å². The molecule has 2 aromatic carbocycles. The normalized spacial score (nSPS) is 24.1. The van der Waals surface area contributed by atoms with Gasteiger partial charge in [-0.05, 0) is 87.1 Å². The number of esters is 1. The van der Waals surface area contributed by atoms with Gasteiger partial charge in [0.05, 0.1) is 29.6 Å². The second-order valence-corrected chi connectivity index (χ2v) is 11.2. The van der Waals surface area contributed by atoms with E-state index < -0.39 is 0 Å². The van der Waals surface area contributed by atoms with Crippen molar-refractivity contribution >= 4 is 34.7 Å². The lowest BCUT2D eigenvalue weighted by Crippen LogP contribution is -2.40. The molecule has 5 nitrogen and oxygen atoms in total. The van der Waals surface area contributed by atoms with Gasteiger partial charge in [0, 0.05) is 16.5 Å². The van der Waals surface area contributed by atoms with E-state index in [0.29, 0.717) is 34.2 Å². The second kappa shape index (κ2) is 9.90. The number of halogens is 1. The number of aryl methyl sites for hydroxylation is 1. The van der Waals surface area contributed by atoms with Crippen molar-refractivity contribution in [3.63, 3.8) is 0 Å². The first-order valence-corrected chi connectivity index (χ1v) is 13.9. The zero-order valence-electron chi connectivity index (χ0n) is 20.6. The first kappa shape index (κ1) is 23.6. The number of carbonyl (C=O) groups excluding carboxylic acids is 1. The van der Waals surface area contributed by atoms with Crippen LogP contribution in [0.5, 0.6) is 0 Å². The number of hydrogen-bond acceptors (Lipinski definition) is 4. The molecule has 1 heterocycles. The Hall–Kier alpha value is -2.84. The predicted octanol–water partition coefficient (Wildman–Crippen LogP) is 7.73. The molecule has 0 unspecified atom stereocenters. The van der Waals surface area contributed by atoms with E-state index >= 15 is 0 Å². The molecule has 0 saturated heterocycles. The van der Waals surface area contributed by atoms with Crippen LogP contribution in [0.3, 0.4) is 0 Å². The van der Waals surface area contributed by atoms with Crippen LogP contribution in [0.2, 0.25) is 5.02 Å². The van der Waals surface area contributed by atoms with Crippen LogP contribution in [-0.4, -0.2) is 23.8 Å². The number of rotatable bonds is 4. The predicted molar refractivity (Wildman–Crippen MR) is 143 cm³/mol. The number of fused-ring (bicyclic) bond motifs is 3. The Bertz CT molecular complexity index is 1240. The topological polar surface area (TPSA) is 46.3 Å². The fourth-order valence-electron chi connectivity index (χ4n) is 6.83. The Morgan fingerprint density at radius 1 is 1.00 bits per heavy atom. The van der Waals surface area contributed by atoms with Gasteiger partial charge in [0.2, 0.25) is 5.69 Å². The van der Waals surface area contributed by atoms with Crippen LogP contribution >= 0.6 is 11.6 Å². The maximum atomic E-state index is 12.9. The Morgan fingerprint density at radius 2 is 1.78 bits per heavy atom. The molecule has 0 bridgehead atoms. The van der Waals surface area contributed by atoms with Crippen molar-refractivity contribution in [3.8, 4) is 0 Å². The van der Waals surface area contributed by atoms with Crippen molar-refractivity contribution in [1.82, 2.24) is 0 Å². The molecular formula is C30H32ClN3O2. The molecule has 1 aliphatic heterocycles. The molecule has 6 rings (SSSR count). The first-order valence-electron chi connectivity index (χ1n) is 13.5. The standard InChI is InChI=1S/C30H32ClN3O2/c1-32-27-16-13-22(18-26(27)31)34-29(19-7-5-6-8-19)25-15-11-20-17-21(12-14-24(20)28(25)33-34)30(35)36-23-9-3-2-4-10-23/h12-14,16-19,23,25,29H,2-11,15H2/t25-,29-/m0/s1. The molecule has 0 aromatic heterocycles. The Balaban J connectivity index is 1.31. The van der Waals surface area contributed by atoms with Crippen LogP contribution in [-0.2, 0) is 11.2 Å². The highest BCUT2D eigenvalue weighted by molar-refractivity contribution is 6.33. The molecule has 36 heavy (non-hydrogen) atoms. The van der Waals surface area contributed by atoms with Gasteiger partial charge >= 0.3 is 5.97 Å². The molecule has 4 aliphatic rings. The molecule has 6 heteroatoms. The molecule has 2 fully saturated rings. The summed E-state index contributed by atoms with van der Waals surface area (Å²) in [5, 5.41) is 7.88. The second-order valence-electron chi connectivity index (χ2n) is 10.8. The molecule has 0 radical (unpaired) electrons. The van der Waals surface area contributed by atoms with E-state index in [0.717, 1.165) is 55.5 Å². The minimum Gasteiger partial charge on any atom is -0.459 e. The lowest BCUT2D eigenvalue weighted by Gasteiger charge is -2.34. The van der Waals surface area contributed by atoms with E-state index in [-0.39, 0.29) is 12.1 Å². The zero-order valence-corrected chi connectivity index (χ0v) is 21.3. The highest BCUT2D eigenvalue weighted by Gasteiger charge is 2.45. The van der Waals surface area contributed by atoms with Crippen LogP contribution in [0.4, 0.5) is 11.4 Å². The smallest absolute Gasteiger partial charge is 0.338 e.